The molecule has 2 unspecified atom stereocenters. The van der Waals surface area contributed by atoms with Gasteiger partial charge in [-0.1, -0.05) is 13.8 Å². The highest BCUT2D eigenvalue weighted by molar-refractivity contribution is 7.09. The van der Waals surface area contributed by atoms with Gasteiger partial charge in [0.25, 0.3) is 0 Å². The predicted molar refractivity (Wildman–Crippen MR) is 78.3 cm³/mol. The first-order valence-corrected chi connectivity index (χ1v) is 7.85. The summed E-state index contributed by atoms with van der Waals surface area (Å²) in [5.41, 5.74) is 1.18. The molecule has 0 saturated heterocycles. The smallest absolute Gasteiger partial charge is 0.0897 e. The van der Waals surface area contributed by atoms with E-state index >= 15 is 0 Å². The van der Waals surface area contributed by atoms with E-state index in [4.69, 9.17) is 4.74 Å². The van der Waals surface area contributed by atoms with Gasteiger partial charge in [0, 0.05) is 24.4 Å². The molecular weight excluding hydrogens is 244 g/mol. The molecule has 1 heterocycles. The van der Waals surface area contributed by atoms with Crippen molar-refractivity contribution in [3.8, 4) is 0 Å². The Bertz CT molecular complexity index is 327. The predicted octanol–water partition coefficient (Wildman–Crippen LogP) is 3.18. The van der Waals surface area contributed by atoms with Crippen LogP contribution in [0.25, 0.3) is 0 Å². The number of hydrogen-bond acceptors (Lipinski definition) is 4. The molecule has 0 aliphatic rings. The molecule has 1 aromatic heterocycles. The van der Waals surface area contributed by atoms with Crippen molar-refractivity contribution < 1.29 is 4.74 Å². The molecule has 0 aromatic carbocycles. The van der Waals surface area contributed by atoms with Crippen LogP contribution in [0.2, 0.25) is 0 Å². The van der Waals surface area contributed by atoms with E-state index in [-0.39, 0.29) is 6.10 Å². The molecule has 1 aromatic rings. The van der Waals surface area contributed by atoms with E-state index in [0.29, 0.717) is 6.04 Å². The molecule has 0 amide bonds. The van der Waals surface area contributed by atoms with Gasteiger partial charge in [0.2, 0.25) is 0 Å². The first-order chi connectivity index (χ1) is 8.71. The summed E-state index contributed by atoms with van der Waals surface area (Å²) in [7, 11) is 0. The highest BCUT2D eigenvalue weighted by Crippen LogP contribution is 2.14. The second kappa shape index (κ2) is 8.62. The molecule has 0 aliphatic carbocycles. The van der Waals surface area contributed by atoms with Gasteiger partial charge in [0.15, 0.2) is 0 Å². The van der Waals surface area contributed by atoms with Crippen molar-refractivity contribution in [1.29, 1.82) is 0 Å². The number of nitrogens with one attached hydrogen (secondary N) is 1. The number of nitrogens with zero attached hydrogens (tertiary/aromatic N) is 1. The number of aryl methyl sites for hydroxylation is 1. The largest absolute Gasteiger partial charge is 0.377 e. The van der Waals surface area contributed by atoms with Crippen LogP contribution in [0.15, 0.2) is 5.38 Å². The van der Waals surface area contributed by atoms with Crippen molar-refractivity contribution in [2.45, 2.75) is 59.1 Å². The fourth-order valence-electron chi connectivity index (χ4n) is 2.12. The fraction of sp³-hybridized carbons (Fsp3) is 0.786. The van der Waals surface area contributed by atoms with Gasteiger partial charge in [-0.15, -0.1) is 11.3 Å². The molecule has 1 rings (SSSR count). The normalized spacial score (nSPS) is 14.7. The molecule has 0 fully saturated rings. The second-order valence-corrected chi connectivity index (χ2v) is 5.59. The molecule has 0 bridgehead atoms. The molecule has 0 aliphatic heterocycles. The fourth-order valence-corrected chi connectivity index (χ4v) is 2.75. The van der Waals surface area contributed by atoms with Crippen LogP contribution in [-0.4, -0.2) is 30.3 Å². The Kier molecular flexibility index (Phi) is 7.47. The standard InChI is InChI=1S/C14H26N2OS/c1-5-8-15-13(14(6-2)17-7-3)9-12-10-18-11(4)16-12/h10,13-15H,5-9H2,1-4H3. The highest BCUT2D eigenvalue weighted by Gasteiger charge is 2.20. The summed E-state index contributed by atoms with van der Waals surface area (Å²) >= 11 is 1.72. The Balaban J connectivity index is 2.63. The molecule has 0 spiro atoms. The second-order valence-electron chi connectivity index (χ2n) is 4.52. The first-order valence-electron chi connectivity index (χ1n) is 6.97. The van der Waals surface area contributed by atoms with E-state index in [0.717, 1.165) is 37.4 Å². The molecule has 104 valence electrons. The zero-order valence-corrected chi connectivity index (χ0v) is 12.8. The first kappa shape index (κ1) is 15.6. The molecule has 1 N–H and O–H groups in total. The number of aromatic nitrogens is 1. The van der Waals surface area contributed by atoms with Gasteiger partial charge >= 0.3 is 0 Å². The Labute approximate surface area is 115 Å². The van der Waals surface area contributed by atoms with Crippen molar-refractivity contribution in [2.24, 2.45) is 0 Å². The Morgan fingerprint density at radius 3 is 2.67 bits per heavy atom. The summed E-state index contributed by atoms with van der Waals surface area (Å²) in [5, 5.41) is 6.91. The summed E-state index contributed by atoms with van der Waals surface area (Å²) in [4.78, 5) is 4.56. The third-order valence-electron chi connectivity index (χ3n) is 2.98. The van der Waals surface area contributed by atoms with E-state index in [2.05, 4.69) is 43.4 Å². The maximum Gasteiger partial charge on any atom is 0.0897 e. The number of thiazole rings is 1. The lowest BCUT2D eigenvalue weighted by atomic mass is 10.0. The summed E-state index contributed by atoms with van der Waals surface area (Å²) in [6, 6.07) is 0.372. The van der Waals surface area contributed by atoms with E-state index in [1.165, 1.54) is 5.69 Å². The van der Waals surface area contributed by atoms with Gasteiger partial charge in [-0.05, 0) is 33.2 Å². The van der Waals surface area contributed by atoms with Crippen LogP contribution in [0.3, 0.4) is 0 Å². The lowest BCUT2D eigenvalue weighted by Crippen LogP contribution is -2.43. The van der Waals surface area contributed by atoms with Gasteiger partial charge in [-0.2, -0.15) is 0 Å². The van der Waals surface area contributed by atoms with Gasteiger partial charge in [0.1, 0.15) is 0 Å². The molecule has 18 heavy (non-hydrogen) atoms. The summed E-state index contributed by atoms with van der Waals surface area (Å²) < 4.78 is 5.84. The van der Waals surface area contributed by atoms with Gasteiger partial charge in [-0.25, -0.2) is 4.98 Å². The SMILES string of the molecule is CCCNC(Cc1csc(C)n1)C(CC)OCC. The topological polar surface area (TPSA) is 34.2 Å². The van der Waals surface area contributed by atoms with E-state index < -0.39 is 0 Å². The lowest BCUT2D eigenvalue weighted by Gasteiger charge is -2.26. The number of hydrogen-bond donors (Lipinski definition) is 1. The molecule has 4 heteroatoms. The van der Waals surface area contributed by atoms with E-state index in [9.17, 15) is 0 Å². The van der Waals surface area contributed by atoms with Crippen LogP contribution in [0.4, 0.5) is 0 Å². The zero-order valence-electron chi connectivity index (χ0n) is 12.0. The monoisotopic (exact) mass is 270 g/mol. The maximum absolute atomic E-state index is 5.84. The van der Waals surface area contributed by atoms with E-state index in [1.54, 1.807) is 11.3 Å². The van der Waals surface area contributed by atoms with Crippen molar-refractivity contribution >= 4 is 11.3 Å². The molecule has 0 radical (unpaired) electrons. The van der Waals surface area contributed by atoms with Crippen LogP contribution in [-0.2, 0) is 11.2 Å². The van der Waals surface area contributed by atoms with Gasteiger partial charge in [-0.3, -0.25) is 0 Å². The lowest BCUT2D eigenvalue weighted by molar-refractivity contribution is 0.0317. The number of ether oxygens (including phenoxy) is 1. The van der Waals surface area contributed by atoms with Crippen molar-refractivity contribution in [3.05, 3.63) is 16.1 Å². The van der Waals surface area contributed by atoms with Crippen molar-refractivity contribution in [3.63, 3.8) is 0 Å². The molecule has 3 nitrogen and oxygen atoms in total. The Morgan fingerprint density at radius 2 is 2.17 bits per heavy atom. The summed E-state index contributed by atoms with van der Waals surface area (Å²) in [6.07, 6.45) is 3.43. The summed E-state index contributed by atoms with van der Waals surface area (Å²) in [5.74, 6) is 0. The average Bonchev–Trinajstić information content (AvgIpc) is 2.77. The van der Waals surface area contributed by atoms with Gasteiger partial charge < -0.3 is 10.1 Å². The van der Waals surface area contributed by atoms with Crippen LogP contribution in [0.1, 0.15) is 44.3 Å². The van der Waals surface area contributed by atoms with Crippen molar-refractivity contribution in [2.75, 3.05) is 13.2 Å². The number of rotatable bonds is 9. The Morgan fingerprint density at radius 1 is 1.39 bits per heavy atom. The third-order valence-corrected chi connectivity index (χ3v) is 3.81. The van der Waals surface area contributed by atoms with Crippen LogP contribution >= 0.6 is 11.3 Å². The van der Waals surface area contributed by atoms with Crippen molar-refractivity contribution in [1.82, 2.24) is 10.3 Å². The zero-order chi connectivity index (χ0) is 13.4. The maximum atomic E-state index is 5.84. The van der Waals surface area contributed by atoms with Crippen LogP contribution in [0.5, 0.6) is 0 Å². The van der Waals surface area contributed by atoms with Gasteiger partial charge in [0.05, 0.1) is 16.8 Å². The minimum absolute atomic E-state index is 0.281. The third kappa shape index (κ3) is 5.04. The minimum atomic E-state index is 0.281. The van der Waals surface area contributed by atoms with Crippen LogP contribution < -0.4 is 5.32 Å². The van der Waals surface area contributed by atoms with Crippen LogP contribution in [0, 0.1) is 6.92 Å². The molecule has 0 saturated carbocycles. The molecular formula is C14H26N2OS. The summed E-state index contributed by atoms with van der Waals surface area (Å²) in [6.45, 7) is 10.3. The Hall–Kier alpha value is -0.450. The average molecular weight is 270 g/mol. The minimum Gasteiger partial charge on any atom is -0.377 e. The molecule has 2 atom stereocenters. The van der Waals surface area contributed by atoms with E-state index in [1.807, 2.05) is 0 Å². The highest BCUT2D eigenvalue weighted by atomic mass is 32.1. The quantitative estimate of drug-likeness (QED) is 0.748.